The SMILES string of the molecule is CCN(CC)c1ccc(N=Nc2nc3sc(N=Nc4ccc(CCO)cc4)cc3s2)cc1. The maximum Gasteiger partial charge on any atom is 0.231 e. The number of thiophene rings is 1. The molecular weight excluding hydrogens is 440 g/mol. The number of hydrogen-bond donors (Lipinski definition) is 1. The van der Waals surface area contributed by atoms with Gasteiger partial charge in [0, 0.05) is 25.4 Å². The fraction of sp³-hybridized carbons (Fsp3) is 0.261. The fourth-order valence-corrected chi connectivity index (χ4v) is 5.04. The third-order valence-corrected chi connectivity index (χ3v) is 6.82. The number of rotatable bonds is 9. The van der Waals surface area contributed by atoms with E-state index in [9.17, 15) is 0 Å². The minimum absolute atomic E-state index is 0.143. The summed E-state index contributed by atoms with van der Waals surface area (Å²) in [5.41, 5.74) is 3.84. The second-order valence-corrected chi connectivity index (χ2v) is 9.00. The Balaban J connectivity index is 1.41. The Morgan fingerprint density at radius 1 is 0.844 bits per heavy atom. The van der Waals surface area contributed by atoms with Crippen LogP contribution >= 0.6 is 22.7 Å². The van der Waals surface area contributed by atoms with Gasteiger partial charge < -0.3 is 10.0 Å². The van der Waals surface area contributed by atoms with Crippen molar-refractivity contribution in [1.82, 2.24) is 4.98 Å². The van der Waals surface area contributed by atoms with Gasteiger partial charge in [-0.15, -0.1) is 20.5 Å². The van der Waals surface area contributed by atoms with E-state index in [1.807, 2.05) is 42.5 Å². The highest BCUT2D eigenvalue weighted by atomic mass is 32.1. The molecule has 32 heavy (non-hydrogen) atoms. The summed E-state index contributed by atoms with van der Waals surface area (Å²) in [5, 5.41) is 27.6. The average molecular weight is 465 g/mol. The van der Waals surface area contributed by atoms with E-state index in [-0.39, 0.29) is 6.61 Å². The first-order valence-electron chi connectivity index (χ1n) is 10.5. The number of azo groups is 2. The van der Waals surface area contributed by atoms with Crippen molar-refractivity contribution >= 4 is 59.4 Å². The van der Waals surface area contributed by atoms with Gasteiger partial charge in [0.2, 0.25) is 5.13 Å². The lowest BCUT2D eigenvalue weighted by Crippen LogP contribution is -2.21. The number of aliphatic hydroxyl groups excluding tert-OH is 1. The normalized spacial score (nSPS) is 11.8. The number of anilines is 1. The first-order chi connectivity index (χ1) is 15.7. The molecule has 0 aliphatic heterocycles. The van der Waals surface area contributed by atoms with E-state index >= 15 is 0 Å². The molecule has 164 valence electrons. The highest BCUT2D eigenvalue weighted by molar-refractivity contribution is 7.30. The fourth-order valence-electron chi connectivity index (χ4n) is 3.19. The summed E-state index contributed by atoms with van der Waals surface area (Å²) < 4.78 is 1.02. The molecule has 0 saturated heterocycles. The van der Waals surface area contributed by atoms with Gasteiger partial charge in [-0.3, -0.25) is 0 Å². The molecule has 9 heteroatoms. The molecule has 0 spiro atoms. The highest BCUT2D eigenvalue weighted by Gasteiger charge is 2.08. The minimum Gasteiger partial charge on any atom is -0.396 e. The predicted octanol–water partition coefficient (Wildman–Crippen LogP) is 7.57. The number of benzene rings is 2. The second kappa shape index (κ2) is 10.5. The van der Waals surface area contributed by atoms with Crippen LogP contribution in [0.2, 0.25) is 0 Å². The molecule has 2 heterocycles. The Morgan fingerprint density at radius 3 is 2.12 bits per heavy atom. The van der Waals surface area contributed by atoms with Crippen molar-refractivity contribution in [2.45, 2.75) is 20.3 Å². The zero-order valence-electron chi connectivity index (χ0n) is 18.0. The van der Waals surface area contributed by atoms with E-state index in [1.54, 1.807) is 0 Å². The Labute approximate surface area is 194 Å². The third kappa shape index (κ3) is 5.42. The molecule has 2 aromatic carbocycles. The van der Waals surface area contributed by atoms with E-state index in [0.29, 0.717) is 11.6 Å². The van der Waals surface area contributed by atoms with Crippen molar-refractivity contribution in [1.29, 1.82) is 0 Å². The van der Waals surface area contributed by atoms with E-state index < -0.39 is 0 Å². The molecule has 0 aliphatic rings. The van der Waals surface area contributed by atoms with Crippen molar-refractivity contribution in [3.8, 4) is 0 Å². The first kappa shape index (κ1) is 22.2. The number of hydrogen-bond acceptors (Lipinski definition) is 9. The molecular formula is C23H24N6OS2. The van der Waals surface area contributed by atoms with E-state index in [0.717, 1.165) is 44.6 Å². The van der Waals surface area contributed by atoms with Gasteiger partial charge in [-0.05, 0) is 68.3 Å². The van der Waals surface area contributed by atoms with E-state index in [1.165, 1.54) is 28.4 Å². The summed E-state index contributed by atoms with van der Waals surface area (Å²) in [6.45, 7) is 6.39. The average Bonchev–Trinajstić information content (AvgIpc) is 3.37. The van der Waals surface area contributed by atoms with Crippen molar-refractivity contribution < 1.29 is 5.11 Å². The smallest absolute Gasteiger partial charge is 0.231 e. The molecule has 0 atom stereocenters. The standard InChI is InChI=1S/C23H24N6OS2/c1-3-29(4-2)19-11-9-18(10-12-19)26-28-23-24-22-20(31-23)15-21(32-22)27-25-17-7-5-16(6-8-17)13-14-30/h5-12,15,30H,3-4,13-14H2,1-2H3. The molecule has 0 fully saturated rings. The van der Waals surface area contributed by atoms with Crippen LogP contribution < -0.4 is 4.90 Å². The Kier molecular flexibility index (Phi) is 7.31. The predicted molar refractivity (Wildman–Crippen MR) is 133 cm³/mol. The molecule has 0 unspecified atom stereocenters. The molecule has 0 bridgehead atoms. The topological polar surface area (TPSA) is 85.8 Å². The van der Waals surface area contributed by atoms with Crippen LogP contribution in [-0.2, 0) is 6.42 Å². The Hall–Kier alpha value is -3.01. The molecule has 2 aromatic heterocycles. The molecule has 1 N–H and O–H groups in total. The number of thiazole rings is 1. The van der Waals surface area contributed by atoms with Gasteiger partial charge in [-0.25, -0.2) is 4.98 Å². The van der Waals surface area contributed by atoms with Crippen LogP contribution in [0.15, 0.2) is 75.1 Å². The summed E-state index contributed by atoms with van der Waals surface area (Å²) in [6, 6.07) is 17.8. The number of aromatic nitrogens is 1. The maximum absolute atomic E-state index is 8.99. The van der Waals surface area contributed by atoms with E-state index in [4.69, 9.17) is 5.11 Å². The summed E-state index contributed by atoms with van der Waals surface area (Å²) in [4.78, 5) is 7.72. The van der Waals surface area contributed by atoms with Gasteiger partial charge in [0.1, 0.15) is 9.83 Å². The van der Waals surface area contributed by atoms with E-state index in [2.05, 4.69) is 56.3 Å². The van der Waals surface area contributed by atoms with Crippen molar-refractivity contribution in [2.75, 3.05) is 24.6 Å². The van der Waals surface area contributed by atoms with Gasteiger partial charge in [-0.1, -0.05) is 34.8 Å². The van der Waals surface area contributed by atoms with Crippen LogP contribution in [0.25, 0.3) is 9.53 Å². The van der Waals surface area contributed by atoms with Gasteiger partial charge in [0.15, 0.2) is 0 Å². The van der Waals surface area contributed by atoms with Gasteiger partial charge >= 0.3 is 0 Å². The van der Waals surface area contributed by atoms with Crippen LogP contribution in [0.4, 0.5) is 27.2 Å². The lowest BCUT2D eigenvalue weighted by molar-refractivity contribution is 0.299. The molecule has 7 nitrogen and oxygen atoms in total. The molecule has 4 rings (SSSR count). The molecule has 0 aliphatic carbocycles. The second-order valence-electron chi connectivity index (χ2n) is 6.98. The van der Waals surface area contributed by atoms with Gasteiger partial charge in [0.25, 0.3) is 0 Å². The summed E-state index contributed by atoms with van der Waals surface area (Å²) in [5.74, 6) is 0. The maximum atomic E-state index is 8.99. The first-order valence-corrected chi connectivity index (χ1v) is 12.1. The van der Waals surface area contributed by atoms with Crippen LogP contribution in [0.5, 0.6) is 0 Å². The largest absolute Gasteiger partial charge is 0.396 e. The van der Waals surface area contributed by atoms with Crippen LogP contribution in [0, 0.1) is 0 Å². The lowest BCUT2D eigenvalue weighted by atomic mass is 10.1. The summed E-state index contributed by atoms with van der Waals surface area (Å²) in [6.07, 6.45) is 0.644. The van der Waals surface area contributed by atoms with Crippen molar-refractivity contribution in [2.24, 2.45) is 20.5 Å². The zero-order chi connectivity index (χ0) is 22.3. The molecule has 0 amide bonds. The molecule has 0 saturated carbocycles. The molecule has 0 radical (unpaired) electrons. The Bertz CT molecular complexity index is 1180. The Morgan fingerprint density at radius 2 is 1.50 bits per heavy atom. The van der Waals surface area contributed by atoms with Gasteiger partial charge in [0.05, 0.1) is 16.1 Å². The monoisotopic (exact) mass is 464 g/mol. The van der Waals surface area contributed by atoms with Crippen molar-refractivity contribution in [3.63, 3.8) is 0 Å². The number of nitrogens with zero attached hydrogens (tertiary/aromatic N) is 6. The molecule has 4 aromatic rings. The highest BCUT2D eigenvalue weighted by Crippen LogP contribution is 2.39. The summed E-state index contributed by atoms with van der Waals surface area (Å²) >= 11 is 2.97. The van der Waals surface area contributed by atoms with Crippen molar-refractivity contribution in [3.05, 3.63) is 60.2 Å². The van der Waals surface area contributed by atoms with Crippen LogP contribution in [0.3, 0.4) is 0 Å². The van der Waals surface area contributed by atoms with Gasteiger partial charge in [-0.2, -0.15) is 0 Å². The summed E-state index contributed by atoms with van der Waals surface area (Å²) in [7, 11) is 0. The third-order valence-electron chi connectivity index (χ3n) is 4.90. The lowest BCUT2D eigenvalue weighted by Gasteiger charge is -2.20. The number of aliphatic hydroxyl groups is 1. The quantitative estimate of drug-likeness (QED) is 0.259. The van der Waals surface area contributed by atoms with Crippen LogP contribution in [0.1, 0.15) is 19.4 Å². The van der Waals surface area contributed by atoms with Crippen LogP contribution in [-0.4, -0.2) is 29.8 Å². The minimum atomic E-state index is 0.143. The number of fused-ring (bicyclic) bond motifs is 1. The zero-order valence-corrected chi connectivity index (χ0v) is 19.6.